The zero-order valence-corrected chi connectivity index (χ0v) is 13.4. The van der Waals surface area contributed by atoms with Gasteiger partial charge in [0.15, 0.2) is 0 Å². The highest BCUT2D eigenvalue weighted by Crippen LogP contribution is 2.32. The maximum Gasteiger partial charge on any atom is 0.307 e. The number of rotatable bonds is 8. The summed E-state index contributed by atoms with van der Waals surface area (Å²) in [6, 6.07) is 5.71. The topological polar surface area (TPSA) is 59.0 Å². The van der Waals surface area contributed by atoms with E-state index in [1.54, 1.807) is 21.1 Å². The van der Waals surface area contributed by atoms with Crippen LogP contribution in [0, 0.1) is 5.92 Å². The predicted molar refractivity (Wildman–Crippen MR) is 82.0 cm³/mol. The Balaban J connectivity index is 3.03. The molecule has 0 saturated carbocycles. The Morgan fingerprint density at radius 3 is 2.43 bits per heavy atom. The van der Waals surface area contributed by atoms with Gasteiger partial charge in [-0.2, -0.15) is 0 Å². The van der Waals surface area contributed by atoms with Crippen LogP contribution in [0.2, 0.25) is 0 Å². The summed E-state index contributed by atoms with van der Waals surface area (Å²) in [7, 11) is 3.26. The summed E-state index contributed by atoms with van der Waals surface area (Å²) < 4.78 is 10.7. The molecule has 0 saturated heterocycles. The molecule has 1 N–H and O–H groups in total. The number of ether oxygens (including phenoxy) is 2. The van der Waals surface area contributed by atoms with Gasteiger partial charge in [-0.05, 0) is 31.7 Å². The van der Waals surface area contributed by atoms with Crippen LogP contribution in [0.5, 0.6) is 11.5 Å². The molecule has 0 aliphatic heterocycles. The standard InChI is InChI=1S/C16H25NO4/c1-6-17(10-11(2)16(18)19)12(3)14-9-13(20-4)7-8-15(14)21-5/h7-9,11-12H,6,10H2,1-5H3,(H,18,19). The Bertz CT molecular complexity index is 475. The fourth-order valence-corrected chi connectivity index (χ4v) is 2.35. The van der Waals surface area contributed by atoms with Gasteiger partial charge >= 0.3 is 5.97 Å². The third kappa shape index (κ3) is 4.36. The molecule has 0 bridgehead atoms. The van der Waals surface area contributed by atoms with E-state index >= 15 is 0 Å². The molecule has 0 spiro atoms. The van der Waals surface area contributed by atoms with Gasteiger partial charge in [0.25, 0.3) is 0 Å². The SMILES string of the molecule is CCN(CC(C)C(=O)O)C(C)c1cc(OC)ccc1OC. The summed E-state index contributed by atoms with van der Waals surface area (Å²) >= 11 is 0. The number of nitrogens with zero attached hydrogens (tertiary/aromatic N) is 1. The van der Waals surface area contributed by atoms with Gasteiger partial charge in [0.2, 0.25) is 0 Å². The second kappa shape index (κ2) is 7.88. The molecule has 5 heteroatoms. The first-order chi connectivity index (χ1) is 9.94. The predicted octanol–water partition coefficient (Wildman–Crippen LogP) is 2.81. The van der Waals surface area contributed by atoms with Crippen molar-refractivity contribution in [1.29, 1.82) is 0 Å². The summed E-state index contributed by atoms with van der Waals surface area (Å²) in [4.78, 5) is 13.2. The highest BCUT2D eigenvalue weighted by molar-refractivity contribution is 5.69. The Morgan fingerprint density at radius 2 is 1.95 bits per heavy atom. The molecule has 0 aliphatic rings. The minimum Gasteiger partial charge on any atom is -0.497 e. The zero-order chi connectivity index (χ0) is 16.0. The molecule has 0 aliphatic carbocycles. The third-order valence-corrected chi connectivity index (χ3v) is 3.77. The van der Waals surface area contributed by atoms with Crippen molar-refractivity contribution in [3.63, 3.8) is 0 Å². The first-order valence-electron chi connectivity index (χ1n) is 7.13. The largest absolute Gasteiger partial charge is 0.497 e. The summed E-state index contributed by atoms with van der Waals surface area (Å²) in [5.41, 5.74) is 0.997. The molecular weight excluding hydrogens is 270 g/mol. The highest BCUT2D eigenvalue weighted by atomic mass is 16.5. The first-order valence-corrected chi connectivity index (χ1v) is 7.13. The van der Waals surface area contributed by atoms with E-state index in [0.29, 0.717) is 6.54 Å². The Morgan fingerprint density at radius 1 is 1.29 bits per heavy atom. The monoisotopic (exact) mass is 295 g/mol. The van der Waals surface area contributed by atoms with Gasteiger partial charge in [-0.1, -0.05) is 13.8 Å². The van der Waals surface area contributed by atoms with E-state index in [0.717, 1.165) is 23.6 Å². The number of carboxylic acid groups (broad SMARTS) is 1. The van der Waals surface area contributed by atoms with Crippen molar-refractivity contribution in [2.45, 2.75) is 26.8 Å². The number of methoxy groups -OCH3 is 2. The summed E-state index contributed by atoms with van der Waals surface area (Å²) in [6.07, 6.45) is 0. The minimum atomic E-state index is -0.779. The third-order valence-electron chi connectivity index (χ3n) is 3.77. The summed E-state index contributed by atoms with van der Waals surface area (Å²) in [6.45, 7) is 7.06. The van der Waals surface area contributed by atoms with Crippen molar-refractivity contribution in [3.8, 4) is 11.5 Å². The normalized spacial score (nSPS) is 13.8. The van der Waals surface area contributed by atoms with Gasteiger partial charge < -0.3 is 14.6 Å². The van der Waals surface area contributed by atoms with Crippen LogP contribution in [0.3, 0.4) is 0 Å². The Kier molecular flexibility index (Phi) is 6.49. The summed E-state index contributed by atoms with van der Waals surface area (Å²) in [5, 5.41) is 9.09. The number of aliphatic carboxylic acids is 1. The van der Waals surface area contributed by atoms with Gasteiger partial charge in [-0.25, -0.2) is 0 Å². The fraction of sp³-hybridized carbons (Fsp3) is 0.562. The molecule has 5 nitrogen and oxygen atoms in total. The lowest BCUT2D eigenvalue weighted by Gasteiger charge is -2.30. The lowest BCUT2D eigenvalue weighted by Crippen LogP contribution is -2.34. The van der Waals surface area contributed by atoms with Gasteiger partial charge in [-0.15, -0.1) is 0 Å². The molecule has 0 fully saturated rings. The van der Waals surface area contributed by atoms with Crippen LogP contribution in [0.25, 0.3) is 0 Å². The van der Waals surface area contributed by atoms with Gasteiger partial charge in [0.05, 0.1) is 20.1 Å². The lowest BCUT2D eigenvalue weighted by atomic mass is 10.0. The van der Waals surface area contributed by atoms with Crippen LogP contribution < -0.4 is 9.47 Å². The van der Waals surface area contributed by atoms with E-state index in [1.807, 2.05) is 25.1 Å². The van der Waals surface area contributed by atoms with Crippen LogP contribution in [0.15, 0.2) is 18.2 Å². The quantitative estimate of drug-likeness (QED) is 0.799. The maximum absolute atomic E-state index is 11.1. The van der Waals surface area contributed by atoms with Crippen molar-refractivity contribution in [3.05, 3.63) is 23.8 Å². The van der Waals surface area contributed by atoms with Crippen LogP contribution in [0.4, 0.5) is 0 Å². The van der Waals surface area contributed by atoms with E-state index in [-0.39, 0.29) is 6.04 Å². The van der Waals surface area contributed by atoms with Crippen LogP contribution in [-0.4, -0.2) is 43.3 Å². The molecule has 0 radical (unpaired) electrons. The smallest absolute Gasteiger partial charge is 0.307 e. The zero-order valence-electron chi connectivity index (χ0n) is 13.4. The van der Waals surface area contributed by atoms with E-state index in [4.69, 9.17) is 14.6 Å². The molecule has 2 unspecified atom stereocenters. The molecule has 118 valence electrons. The molecule has 1 rings (SSSR count). The number of benzene rings is 1. The van der Waals surface area contributed by atoms with Gasteiger partial charge in [-0.3, -0.25) is 9.69 Å². The molecule has 21 heavy (non-hydrogen) atoms. The molecule has 0 heterocycles. The van der Waals surface area contributed by atoms with E-state index in [2.05, 4.69) is 11.8 Å². The van der Waals surface area contributed by atoms with Gasteiger partial charge in [0, 0.05) is 18.2 Å². The number of hydrogen-bond donors (Lipinski definition) is 1. The molecule has 2 atom stereocenters. The van der Waals surface area contributed by atoms with Crippen LogP contribution in [0.1, 0.15) is 32.4 Å². The Hall–Kier alpha value is -1.75. The molecule has 1 aromatic rings. The Labute approximate surface area is 126 Å². The molecule has 1 aromatic carbocycles. The maximum atomic E-state index is 11.1. The van der Waals surface area contributed by atoms with Crippen molar-refractivity contribution >= 4 is 5.97 Å². The lowest BCUT2D eigenvalue weighted by molar-refractivity contribution is -0.141. The highest BCUT2D eigenvalue weighted by Gasteiger charge is 2.22. The van der Waals surface area contributed by atoms with Crippen molar-refractivity contribution in [1.82, 2.24) is 4.90 Å². The van der Waals surface area contributed by atoms with E-state index in [1.165, 1.54) is 0 Å². The second-order valence-electron chi connectivity index (χ2n) is 5.11. The van der Waals surface area contributed by atoms with Crippen LogP contribution >= 0.6 is 0 Å². The average molecular weight is 295 g/mol. The summed E-state index contributed by atoms with van der Waals surface area (Å²) in [5.74, 6) is 0.354. The van der Waals surface area contributed by atoms with E-state index < -0.39 is 11.9 Å². The number of carboxylic acids is 1. The van der Waals surface area contributed by atoms with E-state index in [9.17, 15) is 4.79 Å². The van der Waals surface area contributed by atoms with Crippen LogP contribution in [-0.2, 0) is 4.79 Å². The fourth-order valence-electron chi connectivity index (χ4n) is 2.35. The van der Waals surface area contributed by atoms with Gasteiger partial charge in [0.1, 0.15) is 11.5 Å². The average Bonchev–Trinajstić information content (AvgIpc) is 2.50. The second-order valence-corrected chi connectivity index (χ2v) is 5.11. The molecular formula is C16H25NO4. The molecule has 0 aromatic heterocycles. The number of hydrogen-bond acceptors (Lipinski definition) is 4. The molecule has 0 amide bonds. The van der Waals surface area contributed by atoms with Crippen molar-refractivity contribution < 1.29 is 19.4 Å². The number of carbonyl (C=O) groups is 1. The minimum absolute atomic E-state index is 0.0434. The van der Waals surface area contributed by atoms with Crippen molar-refractivity contribution in [2.75, 3.05) is 27.3 Å². The first kappa shape index (κ1) is 17.3. The van der Waals surface area contributed by atoms with Crippen molar-refractivity contribution in [2.24, 2.45) is 5.92 Å².